The molecule has 4 heterocycles. The summed E-state index contributed by atoms with van der Waals surface area (Å²) in [6, 6.07) is 14.0. The Balaban J connectivity index is 1.48. The average molecular weight is 544 g/mol. The van der Waals surface area contributed by atoms with Crippen LogP contribution in [-0.4, -0.2) is 45.1 Å². The van der Waals surface area contributed by atoms with E-state index in [1.165, 1.54) is 21.6 Å². The van der Waals surface area contributed by atoms with Gasteiger partial charge >= 0.3 is 0 Å². The summed E-state index contributed by atoms with van der Waals surface area (Å²) < 4.78 is 4.79. The number of carbonyl (C=O) groups is 1. The van der Waals surface area contributed by atoms with Gasteiger partial charge < -0.3 is 5.32 Å². The summed E-state index contributed by atoms with van der Waals surface area (Å²) in [5.74, 6) is 6.31. The number of rotatable bonds is 4. The van der Waals surface area contributed by atoms with Gasteiger partial charge in [-0.15, -0.1) is 5.10 Å². The molecule has 1 amide bonds. The zero-order valence-electron chi connectivity index (χ0n) is 22.8. The number of hydrogen-bond acceptors (Lipinski definition) is 7. The number of para-hydroxylation sites is 1. The number of nitrogens with one attached hydrogen (secondary N) is 1. The van der Waals surface area contributed by atoms with Crippen LogP contribution in [0.25, 0.3) is 22.1 Å². The van der Waals surface area contributed by atoms with Crippen LogP contribution in [0.15, 0.2) is 72.0 Å². The highest BCUT2D eigenvalue weighted by Gasteiger charge is 2.24. The zero-order chi connectivity index (χ0) is 28.7. The van der Waals surface area contributed by atoms with E-state index in [4.69, 9.17) is 4.98 Å². The summed E-state index contributed by atoms with van der Waals surface area (Å²) in [7, 11) is 1.85. The highest BCUT2D eigenvalue weighted by atomic mass is 16.2. The first-order valence-corrected chi connectivity index (χ1v) is 12.9. The third-order valence-corrected chi connectivity index (χ3v) is 7.00. The lowest BCUT2D eigenvalue weighted by Gasteiger charge is -2.20. The number of benzene rings is 2. The monoisotopic (exact) mass is 543 g/mol. The van der Waals surface area contributed by atoms with Gasteiger partial charge in [0.1, 0.15) is 17.7 Å². The highest BCUT2D eigenvalue weighted by Crippen LogP contribution is 2.22. The molecule has 0 spiro atoms. The fourth-order valence-electron chi connectivity index (χ4n) is 4.78. The molecule has 1 N–H and O–H groups in total. The lowest BCUT2D eigenvalue weighted by atomic mass is 10.1. The normalized spacial score (nSPS) is 11.8. The first kappa shape index (κ1) is 25.6. The highest BCUT2D eigenvalue weighted by molar-refractivity contribution is 6.02. The van der Waals surface area contributed by atoms with Gasteiger partial charge in [0, 0.05) is 12.6 Å². The Kier molecular flexibility index (Phi) is 6.35. The number of nitrogens with zero attached hydrogens (tertiary/aromatic N) is 8. The van der Waals surface area contributed by atoms with Crippen LogP contribution in [0.5, 0.6) is 0 Å². The molecule has 11 nitrogen and oxygen atoms in total. The van der Waals surface area contributed by atoms with Crippen molar-refractivity contribution in [1.29, 1.82) is 0 Å². The largest absolute Gasteiger partial charge is 0.342 e. The maximum Gasteiger partial charge on any atom is 0.267 e. The molecular weight excluding hydrogens is 518 g/mol. The second kappa shape index (κ2) is 10.2. The minimum absolute atomic E-state index is 0.285. The van der Waals surface area contributed by atoms with Crippen molar-refractivity contribution in [2.24, 2.45) is 7.05 Å². The second-order valence-electron chi connectivity index (χ2n) is 9.62. The standard InChI is InChI=1S/C30H25N9O2/c1-18-26(25-16-31-32-17-38(25)36-18)29(40)34-19(2)28-35-24-12-8-9-21(13-14-22-15-33-37(4)20(22)3)27(24)30(41)39(28)23-10-6-5-7-11-23/h5-12,15-17,19H,1-4H3,(H,34,40)/t19-/m0/s1. The smallest absolute Gasteiger partial charge is 0.267 e. The van der Waals surface area contributed by atoms with Crippen molar-refractivity contribution >= 4 is 22.3 Å². The SMILES string of the molecule is Cc1nn2cnncc2c1C(=O)N[C@@H](C)c1nc2cccc(C#Cc3cnn(C)c3C)c2c(=O)n1-c1ccccc1. The molecule has 0 aliphatic rings. The predicted molar refractivity (Wildman–Crippen MR) is 153 cm³/mol. The van der Waals surface area contributed by atoms with Crippen LogP contribution in [0.1, 0.15) is 51.7 Å². The fourth-order valence-corrected chi connectivity index (χ4v) is 4.78. The quantitative estimate of drug-likeness (QED) is 0.339. The van der Waals surface area contributed by atoms with Crippen LogP contribution >= 0.6 is 0 Å². The third kappa shape index (κ3) is 4.51. The molecule has 6 aromatic rings. The molecule has 0 aliphatic heterocycles. The Morgan fingerprint density at radius 3 is 2.51 bits per heavy atom. The number of amides is 1. The molecule has 2 aromatic carbocycles. The van der Waals surface area contributed by atoms with E-state index in [9.17, 15) is 9.59 Å². The Morgan fingerprint density at radius 2 is 1.76 bits per heavy atom. The maximum absolute atomic E-state index is 14.2. The Bertz CT molecular complexity index is 2080. The number of aryl methyl sites for hydroxylation is 2. The van der Waals surface area contributed by atoms with Gasteiger partial charge in [0.15, 0.2) is 0 Å². The first-order valence-electron chi connectivity index (χ1n) is 12.9. The van der Waals surface area contributed by atoms with E-state index in [1.807, 2.05) is 50.4 Å². The maximum atomic E-state index is 14.2. The predicted octanol–water partition coefficient (Wildman–Crippen LogP) is 3.06. The van der Waals surface area contributed by atoms with E-state index in [-0.39, 0.29) is 11.5 Å². The van der Waals surface area contributed by atoms with Crippen molar-refractivity contribution < 1.29 is 4.79 Å². The number of aromatic nitrogens is 8. The first-order chi connectivity index (χ1) is 19.8. The lowest BCUT2D eigenvalue weighted by molar-refractivity contribution is 0.0939. The van der Waals surface area contributed by atoms with Crippen LogP contribution in [-0.2, 0) is 7.05 Å². The topological polar surface area (TPSA) is 125 Å². The van der Waals surface area contributed by atoms with Crippen molar-refractivity contribution in [2.75, 3.05) is 0 Å². The molecule has 0 aliphatic carbocycles. The van der Waals surface area contributed by atoms with Gasteiger partial charge in [0.2, 0.25) is 0 Å². The molecule has 11 heteroatoms. The van der Waals surface area contributed by atoms with Crippen molar-refractivity contribution in [3.8, 4) is 17.5 Å². The van der Waals surface area contributed by atoms with Crippen molar-refractivity contribution in [3.63, 3.8) is 0 Å². The molecule has 41 heavy (non-hydrogen) atoms. The molecule has 0 unspecified atom stereocenters. The van der Waals surface area contributed by atoms with Gasteiger partial charge in [-0.25, -0.2) is 9.50 Å². The van der Waals surface area contributed by atoms with Crippen LogP contribution < -0.4 is 10.9 Å². The average Bonchev–Trinajstić information content (AvgIpc) is 3.49. The van der Waals surface area contributed by atoms with Gasteiger partial charge in [-0.05, 0) is 45.0 Å². The number of hydrogen-bond donors (Lipinski definition) is 1. The molecule has 0 saturated carbocycles. The molecule has 0 fully saturated rings. The van der Waals surface area contributed by atoms with E-state index in [0.717, 1.165) is 11.3 Å². The zero-order valence-corrected chi connectivity index (χ0v) is 22.8. The Labute approximate surface area is 234 Å². The molecular formula is C30H25N9O2. The Morgan fingerprint density at radius 1 is 0.976 bits per heavy atom. The Hall–Kier alpha value is -5.63. The van der Waals surface area contributed by atoms with E-state index in [0.29, 0.717) is 44.8 Å². The van der Waals surface area contributed by atoms with Crippen LogP contribution in [0.4, 0.5) is 0 Å². The number of carbonyl (C=O) groups excluding carboxylic acids is 1. The summed E-state index contributed by atoms with van der Waals surface area (Å²) in [5.41, 5.74) is 4.52. The van der Waals surface area contributed by atoms with E-state index >= 15 is 0 Å². The van der Waals surface area contributed by atoms with E-state index in [2.05, 4.69) is 37.6 Å². The van der Waals surface area contributed by atoms with E-state index < -0.39 is 6.04 Å². The van der Waals surface area contributed by atoms with Gasteiger partial charge in [0.25, 0.3) is 11.5 Å². The van der Waals surface area contributed by atoms with Crippen LogP contribution in [0.3, 0.4) is 0 Å². The summed E-state index contributed by atoms with van der Waals surface area (Å²) >= 11 is 0. The fraction of sp³-hybridized carbons (Fsp3) is 0.167. The van der Waals surface area contributed by atoms with Crippen LogP contribution in [0, 0.1) is 25.7 Å². The van der Waals surface area contributed by atoms with Crippen molar-refractivity contribution in [1.82, 2.24) is 44.5 Å². The molecule has 0 saturated heterocycles. The molecule has 0 bridgehead atoms. The molecule has 1 atom stereocenters. The van der Waals surface area contributed by atoms with Gasteiger partial charge in [-0.3, -0.25) is 18.8 Å². The molecule has 4 aromatic heterocycles. The molecule has 202 valence electrons. The van der Waals surface area contributed by atoms with Gasteiger partial charge in [-0.1, -0.05) is 36.1 Å². The second-order valence-corrected chi connectivity index (χ2v) is 9.62. The molecule has 0 radical (unpaired) electrons. The summed E-state index contributed by atoms with van der Waals surface area (Å²) in [5, 5.41) is 19.7. The van der Waals surface area contributed by atoms with Gasteiger partial charge in [0.05, 0.1) is 57.5 Å². The summed E-state index contributed by atoms with van der Waals surface area (Å²) in [6.45, 7) is 5.48. The minimum Gasteiger partial charge on any atom is -0.342 e. The number of fused-ring (bicyclic) bond motifs is 2. The van der Waals surface area contributed by atoms with E-state index in [1.54, 1.807) is 36.9 Å². The lowest BCUT2D eigenvalue weighted by Crippen LogP contribution is -2.33. The summed E-state index contributed by atoms with van der Waals surface area (Å²) in [4.78, 5) is 32.6. The van der Waals surface area contributed by atoms with Crippen molar-refractivity contribution in [2.45, 2.75) is 26.8 Å². The van der Waals surface area contributed by atoms with Crippen molar-refractivity contribution in [3.05, 3.63) is 112 Å². The third-order valence-electron chi connectivity index (χ3n) is 7.00. The van der Waals surface area contributed by atoms with Crippen LogP contribution in [0.2, 0.25) is 0 Å². The molecule has 6 rings (SSSR count). The minimum atomic E-state index is -0.642. The van der Waals surface area contributed by atoms with Gasteiger partial charge in [-0.2, -0.15) is 15.3 Å². The summed E-state index contributed by atoms with van der Waals surface area (Å²) in [6.07, 6.45) is 4.63.